The molecule has 1 aromatic carbocycles. The zero-order valence-corrected chi connectivity index (χ0v) is 19.2. The molecule has 1 saturated carbocycles. The number of carbonyl (C=O) groups is 4. The lowest BCUT2D eigenvalue weighted by atomic mass is 9.92. The molecule has 0 spiro atoms. The van der Waals surface area contributed by atoms with Crippen molar-refractivity contribution in [3.8, 4) is 0 Å². The Morgan fingerprint density at radius 3 is 2.39 bits per heavy atom. The van der Waals surface area contributed by atoms with Crippen molar-refractivity contribution in [2.45, 2.75) is 64.1 Å². The molecule has 0 bridgehead atoms. The van der Waals surface area contributed by atoms with Gasteiger partial charge in [0.25, 0.3) is 11.8 Å². The minimum atomic E-state index is -1.11. The second kappa shape index (κ2) is 8.80. The highest BCUT2D eigenvalue weighted by Crippen LogP contribution is 2.27. The normalized spacial score (nSPS) is 20.8. The molecule has 1 aliphatic heterocycles. The number of nitrogens with one attached hydrogen (secondary N) is 2. The average molecular weight is 452 g/mol. The predicted octanol–water partition coefficient (Wildman–Crippen LogP) is 2.63. The van der Waals surface area contributed by atoms with Crippen LogP contribution in [0.15, 0.2) is 30.3 Å². The van der Waals surface area contributed by atoms with Crippen LogP contribution in [0.25, 0.3) is 0 Å². The van der Waals surface area contributed by atoms with E-state index in [-0.39, 0.29) is 41.6 Å². The van der Waals surface area contributed by atoms with Gasteiger partial charge in [0.15, 0.2) is 11.5 Å². The molecule has 9 heteroatoms. The van der Waals surface area contributed by atoms with Gasteiger partial charge in [0.05, 0.1) is 6.54 Å². The van der Waals surface area contributed by atoms with E-state index >= 15 is 0 Å². The number of fused-ring (bicyclic) bond motifs is 1. The van der Waals surface area contributed by atoms with Crippen LogP contribution in [-0.2, 0) is 11.3 Å². The summed E-state index contributed by atoms with van der Waals surface area (Å²) in [5, 5.41) is 10.2. The third kappa shape index (κ3) is 4.40. The average Bonchev–Trinajstić information content (AvgIpc) is 3.22. The molecule has 1 aliphatic carbocycles. The molecule has 2 aromatic rings. The van der Waals surface area contributed by atoms with Crippen LogP contribution in [0.3, 0.4) is 0 Å². The molecule has 1 atom stereocenters. The summed E-state index contributed by atoms with van der Waals surface area (Å²) in [6, 6.07) is 8.10. The molecule has 1 fully saturated rings. The first kappa shape index (κ1) is 22.7. The van der Waals surface area contributed by atoms with Crippen LogP contribution in [0.5, 0.6) is 0 Å². The first-order valence-corrected chi connectivity index (χ1v) is 11.3. The Morgan fingerprint density at radius 2 is 1.76 bits per heavy atom. The van der Waals surface area contributed by atoms with Gasteiger partial charge in [-0.25, -0.2) is 0 Å². The number of Topliss-reactive ketones (excluding diaryl/α,β-unsaturated/α-hetero) is 1. The number of aromatic nitrogens is 2. The van der Waals surface area contributed by atoms with Crippen molar-refractivity contribution in [1.29, 1.82) is 0 Å². The van der Waals surface area contributed by atoms with Crippen molar-refractivity contribution >= 4 is 29.2 Å². The van der Waals surface area contributed by atoms with Crippen LogP contribution in [0.4, 0.5) is 5.69 Å². The van der Waals surface area contributed by atoms with E-state index in [4.69, 9.17) is 0 Å². The van der Waals surface area contributed by atoms with Gasteiger partial charge in [0, 0.05) is 30.4 Å². The van der Waals surface area contributed by atoms with Gasteiger partial charge in [0.2, 0.25) is 5.91 Å². The van der Waals surface area contributed by atoms with Gasteiger partial charge in [0.1, 0.15) is 11.2 Å². The van der Waals surface area contributed by atoms with Gasteiger partial charge in [-0.1, -0.05) is 19.3 Å². The number of anilines is 1. The molecular formula is C24H29N5O4. The zero-order chi connectivity index (χ0) is 23.8. The first-order valence-electron chi connectivity index (χ1n) is 11.3. The SMILES string of the molecule is CC(=O)c1ccc(NC(=O)c2cc3n(n2)CC(C)(C(=O)NC2CCCCC2)N(C)C3=O)cc1. The number of carbonyl (C=O) groups excluding carboxylic acids is 4. The summed E-state index contributed by atoms with van der Waals surface area (Å²) in [5.74, 6) is -1.10. The second-order valence-corrected chi connectivity index (χ2v) is 9.11. The van der Waals surface area contributed by atoms with E-state index in [1.54, 1.807) is 38.2 Å². The lowest BCUT2D eigenvalue weighted by Gasteiger charge is -2.41. The van der Waals surface area contributed by atoms with Gasteiger partial charge in [-0.15, -0.1) is 0 Å². The van der Waals surface area contributed by atoms with Crippen molar-refractivity contribution in [1.82, 2.24) is 20.0 Å². The molecule has 1 aromatic heterocycles. The fourth-order valence-corrected chi connectivity index (χ4v) is 4.41. The summed E-state index contributed by atoms with van der Waals surface area (Å²) in [6.07, 6.45) is 5.27. The van der Waals surface area contributed by atoms with Crippen molar-refractivity contribution in [3.05, 3.63) is 47.3 Å². The third-order valence-electron chi connectivity index (χ3n) is 6.71. The van der Waals surface area contributed by atoms with Gasteiger partial charge in [-0.2, -0.15) is 5.10 Å². The Bertz CT molecular complexity index is 1100. The number of hydrogen-bond acceptors (Lipinski definition) is 5. The van der Waals surface area contributed by atoms with Crippen LogP contribution >= 0.6 is 0 Å². The van der Waals surface area contributed by atoms with Gasteiger partial charge in [-0.05, 0) is 51.0 Å². The lowest BCUT2D eigenvalue weighted by molar-refractivity contribution is -0.133. The minimum absolute atomic E-state index is 0.0622. The highest BCUT2D eigenvalue weighted by atomic mass is 16.2. The first-order chi connectivity index (χ1) is 15.7. The maximum Gasteiger partial charge on any atom is 0.276 e. The molecule has 9 nitrogen and oxygen atoms in total. The summed E-state index contributed by atoms with van der Waals surface area (Å²) < 4.78 is 1.44. The van der Waals surface area contributed by atoms with Gasteiger partial charge in [-0.3, -0.25) is 23.9 Å². The Kier molecular flexibility index (Phi) is 6.05. The van der Waals surface area contributed by atoms with Crippen molar-refractivity contribution in [3.63, 3.8) is 0 Å². The molecule has 0 radical (unpaired) electrons. The molecule has 174 valence electrons. The minimum Gasteiger partial charge on any atom is -0.351 e. The van der Waals surface area contributed by atoms with E-state index in [0.717, 1.165) is 25.7 Å². The van der Waals surface area contributed by atoms with E-state index in [0.29, 0.717) is 11.3 Å². The topological polar surface area (TPSA) is 113 Å². The van der Waals surface area contributed by atoms with Gasteiger partial charge < -0.3 is 15.5 Å². The molecule has 0 saturated heterocycles. The number of likely N-dealkylation sites (N-methyl/N-ethyl adjacent to an activating group) is 1. The largest absolute Gasteiger partial charge is 0.351 e. The molecule has 2 N–H and O–H groups in total. The molecule has 1 unspecified atom stereocenters. The Morgan fingerprint density at radius 1 is 1.09 bits per heavy atom. The predicted molar refractivity (Wildman–Crippen MR) is 122 cm³/mol. The Balaban J connectivity index is 1.51. The maximum atomic E-state index is 13.2. The number of ketones is 1. The summed E-state index contributed by atoms with van der Waals surface area (Å²) in [6.45, 7) is 3.36. The molecule has 2 aliphatic rings. The quantitative estimate of drug-likeness (QED) is 0.679. The highest BCUT2D eigenvalue weighted by Gasteiger charge is 2.46. The number of hydrogen-bond donors (Lipinski definition) is 2. The number of benzene rings is 1. The van der Waals surface area contributed by atoms with E-state index in [1.165, 1.54) is 29.0 Å². The van der Waals surface area contributed by atoms with E-state index in [1.807, 2.05) is 0 Å². The summed E-state index contributed by atoms with van der Waals surface area (Å²) in [5.41, 5.74) is 0.293. The fourth-order valence-electron chi connectivity index (χ4n) is 4.41. The Labute approximate surface area is 192 Å². The number of rotatable bonds is 5. The standard InChI is InChI=1S/C24H29N5O4/c1-15(30)16-9-11-18(12-10-16)25-21(31)19-13-20-22(32)28(3)24(2,14-29(20)27-19)23(33)26-17-7-5-4-6-8-17/h9-13,17H,4-8,14H2,1-3H3,(H,25,31)(H,26,33). The van der Waals surface area contributed by atoms with Crippen LogP contribution < -0.4 is 10.6 Å². The number of amides is 3. The van der Waals surface area contributed by atoms with Crippen LogP contribution in [0.1, 0.15) is 77.3 Å². The van der Waals surface area contributed by atoms with Crippen molar-refractivity contribution < 1.29 is 19.2 Å². The van der Waals surface area contributed by atoms with Crippen molar-refractivity contribution in [2.75, 3.05) is 12.4 Å². The highest BCUT2D eigenvalue weighted by molar-refractivity contribution is 6.06. The van der Waals surface area contributed by atoms with E-state index in [2.05, 4.69) is 15.7 Å². The summed E-state index contributed by atoms with van der Waals surface area (Å²) >= 11 is 0. The third-order valence-corrected chi connectivity index (χ3v) is 6.71. The molecule has 3 amide bonds. The number of nitrogens with zero attached hydrogens (tertiary/aromatic N) is 3. The summed E-state index contributed by atoms with van der Waals surface area (Å²) in [4.78, 5) is 51.8. The molecule has 2 heterocycles. The lowest BCUT2D eigenvalue weighted by Crippen LogP contribution is -2.63. The smallest absolute Gasteiger partial charge is 0.276 e. The maximum absolute atomic E-state index is 13.2. The molecule has 4 rings (SSSR count). The molecule has 33 heavy (non-hydrogen) atoms. The van der Waals surface area contributed by atoms with E-state index in [9.17, 15) is 19.2 Å². The van der Waals surface area contributed by atoms with E-state index < -0.39 is 11.4 Å². The summed E-state index contributed by atoms with van der Waals surface area (Å²) in [7, 11) is 1.61. The van der Waals surface area contributed by atoms with Gasteiger partial charge >= 0.3 is 0 Å². The zero-order valence-electron chi connectivity index (χ0n) is 19.2. The van der Waals surface area contributed by atoms with Crippen molar-refractivity contribution in [2.24, 2.45) is 0 Å². The second-order valence-electron chi connectivity index (χ2n) is 9.11. The fraction of sp³-hybridized carbons (Fsp3) is 0.458. The van der Waals surface area contributed by atoms with Crippen LogP contribution in [-0.4, -0.2) is 56.8 Å². The van der Waals surface area contributed by atoms with Crippen LogP contribution in [0, 0.1) is 0 Å². The molecular weight excluding hydrogens is 422 g/mol. The van der Waals surface area contributed by atoms with Crippen LogP contribution in [0.2, 0.25) is 0 Å². The monoisotopic (exact) mass is 451 g/mol. The Hall–Kier alpha value is -3.49.